The standard InChI is InChI=1S/C12H10N4O2/c1-16-5-8(14-6-16)12-11-7(2-3-13-12)9(17)4-10(18)15-11/h2-3,5-6H,4H2,1H3,(H,15,18). The van der Waals surface area contributed by atoms with Gasteiger partial charge >= 0.3 is 0 Å². The number of ketones is 1. The summed E-state index contributed by atoms with van der Waals surface area (Å²) < 4.78 is 1.78. The predicted octanol–water partition coefficient (Wildman–Crippen LogP) is 1.01. The van der Waals surface area contributed by atoms with Gasteiger partial charge in [-0.1, -0.05) is 0 Å². The number of anilines is 1. The third kappa shape index (κ3) is 1.58. The third-order valence-corrected chi connectivity index (χ3v) is 2.78. The summed E-state index contributed by atoms with van der Waals surface area (Å²) in [6, 6.07) is 1.61. The molecule has 0 bridgehead atoms. The molecule has 1 aliphatic rings. The number of hydrogen-bond donors (Lipinski definition) is 1. The van der Waals surface area contributed by atoms with Crippen LogP contribution in [0.5, 0.6) is 0 Å². The van der Waals surface area contributed by atoms with Crippen LogP contribution in [0.3, 0.4) is 0 Å². The number of amides is 1. The van der Waals surface area contributed by atoms with Crippen molar-refractivity contribution in [2.75, 3.05) is 5.32 Å². The van der Waals surface area contributed by atoms with E-state index in [4.69, 9.17) is 0 Å². The zero-order valence-corrected chi connectivity index (χ0v) is 9.67. The topological polar surface area (TPSA) is 76.9 Å². The maximum Gasteiger partial charge on any atom is 0.232 e. The number of Topliss-reactive ketones (excluding diaryl/α,β-unsaturated/α-hetero) is 1. The van der Waals surface area contributed by atoms with Crippen LogP contribution >= 0.6 is 0 Å². The second-order valence-corrected chi connectivity index (χ2v) is 4.15. The van der Waals surface area contributed by atoms with Gasteiger partial charge in [0.15, 0.2) is 5.78 Å². The molecule has 0 atom stereocenters. The highest BCUT2D eigenvalue weighted by Gasteiger charge is 2.26. The first-order valence-electron chi connectivity index (χ1n) is 5.45. The largest absolute Gasteiger partial charge is 0.340 e. The summed E-state index contributed by atoms with van der Waals surface area (Å²) in [4.78, 5) is 31.6. The Morgan fingerprint density at radius 2 is 2.17 bits per heavy atom. The van der Waals surface area contributed by atoms with E-state index in [2.05, 4.69) is 15.3 Å². The van der Waals surface area contributed by atoms with Crippen LogP contribution in [0, 0.1) is 0 Å². The fraction of sp³-hybridized carbons (Fsp3) is 0.167. The van der Waals surface area contributed by atoms with Gasteiger partial charge < -0.3 is 9.88 Å². The number of hydrogen-bond acceptors (Lipinski definition) is 4. The number of fused-ring (bicyclic) bond motifs is 1. The molecule has 0 radical (unpaired) electrons. The Balaban J connectivity index is 2.20. The highest BCUT2D eigenvalue weighted by atomic mass is 16.2. The highest BCUT2D eigenvalue weighted by molar-refractivity contribution is 6.20. The molecule has 6 heteroatoms. The molecule has 2 aromatic heterocycles. The lowest BCUT2D eigenvalue weighted by molar-refractivity contribution is -0.115. The molecule has 0 aliphatic carbocycles. The van der Waals surface area contributed by atoms with Gasteiger partial charge in [0.25, 0.3) is 0 Å². The lowest BCUT2D eigenvalue weighted by atomic mass is 10.0. The van der Waals surface area contributed by atoms with Gasteiger partial charge in [-0.15, -0.1) is 0 Å². The number of aromatic nitrogens is 3. The molecule has 2 aromatic rings. The monoisotopic (exact) mass is 242 g/mol. The highest BCUT2D eigenvalue weighted by Crippen LogP contribution is 2.31. The van der Waals surface area contributed by atoms with Crippen LogP contribution in [-0.2, 0) is 11.8 Å². The number of carbonyl (C=O) groups is 2. The molecule has 0 spiro atoms. The average Bonchev–Trinajstić information content (AvgIpc) is 2.75. The van der Waals surface area contributed by atoms with Crippen molar-refractivity contribution in [1.82, 2.24) is 14.5 Å². The second kappa shape index (κ2) is 3.76. The maximum atomic E-state index is 11.8. The SMILES string of the molecule is Cn1cnc(-c2nccc3c2NC(=O)CC3=O)c1. The van der Waals surface area contributed by atoms with Gasteiger partial charge in [0.05, 0.1) is 18.4 Å². The molecule has 3 heterocycles. The molecule has 1 amide bonds. The minimum atomic E-state index is -0.308. The Hall–Kier alpha value is -2.50. The summed E-state index contributed by atoms with van der Waals surface area (Å²) in [5.74, 6) is -0.494. The summed E-state index contributed by atoms with van der Waals surface area (Å²) in [6.45, 7) is 0. The van der Waals surface area contributed by atoms with Crippen molar-refractivity contribution < 1.29 is 9.59 Å². The van der Waals surface area contributed by atoms with Crippen molar-refractivity contribution in [1.29, 1.82) is 0 Å². The lowest BCUT2D eigenvalue weighted by Crippen LogP contribution is -2.24. The van der Waals surface area contributed by atoms with Crippen LogP contribution in [-0.4, -0.2) is 26.2 Å². The Morgan fingerprint density at radius 3 is 2.89 bits per heavy atom. The molecule has 3 rings (SSSR count). The molecule has 18 heavy (non-hydrogen) atoms. The molecule has 1 aliphatic heterocycles. The Labute approximate surface area is 103 Å². The molecule has 0 saturated heterocycles. The zero-order valence-electron chi connectivity index (χ0n) is 9.67. The third-order valence-electron chi connectivity index (χ3n) is 2.78. The Bertz CT molecular complexity index is 660. The molecular weight excluding hydrogens is 232 g/mol. The molecule has 0 fully saturated rings. The summed E-state index contributed by atoms with van der Waals surface area (Å²) in [6.07, 6.45) is 4.87. The van der Waals surface area contributed by atoms with Crippen molar-refractivity contribution in [2.45, 2.75) is 6.42 Å². The first kappa shape index (κ1) is 10.6. The van der Waals surface area contributed by atoms with Crippen LogP contribution in [0.1, 0.15) is 16.8 Å². The van der Waals surface area contributed by atoms with E-state index in [0.717, 1.165) is 0 Å². The van der Waals surface area contributed by atoms with Crippen LogP contribution in [0.25, 0.3) is 11.4 Å². The van der Waals surface area contributed by atoms with Crippen molar-refractivity contribution in [3.8, 4) is 11.4 Å². The van der Waals surface area contributed by atoms with Gasteiger partial charge in [0, 0.05) is 25.0 Å². The van der Waals surface area contributed by atoms with E-state index in [1.807, 2.05) is 7.05 Å². The number of imidazole rings is 1. The first-order valence-corrected chi connectivity index (χ1v) is 5.45. The normalized spacial score (nSPS) is 14.3. The van der Waals surface area contributed by atoms with E-state index in [1.165, 1.54) is 0 Å². The summed E-state index contributed by atoms with van der Waals surface area (Å²) >= 11 is 0. The molecule has 0 aromatic carbocycles. The summed E-state index contributed by atoms with van der Waals surface area (Å²) in [5, 5.41) is 2.70. The number of nitrogens with one attached hydrogen (secondary N) is 1. The van der Waals surface area contributed by atoms with Crippen LogP contribution in [0.15, 0.2) is 24.8 Å². The van der Waals surface area contributed by atoms with Gasteiger partial charge in [-0.2, -0.15) is 0 Å². The van der Waals surface area contributed by atoms with E-state index in [9.17, 15) is 9.59 Å². The van der Waals surface area contributed by atoms with Gasteiger partial charge in [0.1, 0.15) is 11.4 Å². The van der Waals surface area contributed by atoms with Crippen molar-refractivity contribution in [3.63, 3.8) is 0 Å². The first-order chi connectivity index (χ1) is 8.65. The van der Waals surface area contributed by atoms with E-state index in [-0.39, 0.29) is 18.1 Å². The van der Waals surface area contributed by atoms with E-state index in [0.29, 0.717) is 22.6 Å². The number of rotatable bonds is 1. The molecule has 6 nitrogen and oxygen atoms in total. The Morgan fingerprint density at radius 1 is 1.33 bits per heavy atom. The smallest absolute Gasteiger partial charge is 0.232 e. The number of pyridine rings is 1. The number of aryl methyl sites for hydroxylation is 1. The van der Waals surface area contributed by atoms with Crippen molar-refractivity contribution >= 4 is 17.4 Å². The second-order valence-electron chi connectivity index (χ2n) is 4.15. The molecular formula is C12H10N4O2. The van der Waals surface area contributed by atoms with E-state index >= 15 is 0 Å². The van der Waals surface area contributed by atoms with Crippen LogP contribution in [0.4, 0.5) is 5.69 Å². The molecule has 1 N–H and O–H groups in total. The van der Waals surface area contributed by atoms with Crippen molar-refractivity contribution in [2.24, 2.45) is 7.05 Å². The maximum absolute atomic E-state index is 11.8. The van der Waals surface area contributed by atoms with Gasteiger partial charge in [0.2, 0.25) is 5.91 Å². The zero-order chi connectivity index (χ0) is 12.7. The molecule has 0 saturated carbocycles. The number of carbonyl (C=O) groups excluding carboxylic acids is 2. The van der Waals surface area contributed by atoms with E-state index in [1.54, 1.807) is 29.4 Å². The number of nitrogens with zero attached hydrogens (tertiary/aromatic N) is 3. The van der Waals surface area contributed by atoms with Gasteiger partial charge in [-0.3, -0.25) is 14.6 Å². The van der Waals surface area contributed by atoms with Crippen LogP contribution in [0.2, 0.25) is 0 Å². The summed E-state index contributed by atoms with van der Waals surface area (Å²) in [7, 11) is 1.84. The van der Waals surface area contributed by atoms with Crippen LogP contribution < -0.4 is 5.32 Å². The van der Waals surface area contributed by atoms with E-state index < -0.39 is 0 Å². The van der Waals surface area contributed by atoms with Gasteiger partial charge in [-0.05, 0) is 6.07 Å². The molecule has 90 valence electrons. The fourth-order valence-electron chi connectivity index (χ4n) is 1.97. The quantitative estimate of drug-likeness (QED) is 0.757. The predicted molar refractivity (Wildman–Crippen MR) is 64.0 cm³/mol. The fourth-order valence-corrected chi connectivity index (χ4v) is 1.97. The molecule has 0 unspecified atom stereocenters. The minimum absolute atomic E-state index is 0.112. The lowest BCUT2D eigenvalue weighted by Gasteiger charge is -2.17. The van der Waals surface area contributed by atoms with Crippen molar-refractivity contribution in [3.05, 3.63) is 30.4 Å². The Kier molecular flexibility index (Phi) is 2.22. The van der Waals surface area contributed by atoms with Gasteiger partial charge in [-0.25, -0.2) is 4.98 Å². The minimum Gasteiger partial charge on any atom is -0.340 e. The average molecular weight is 242 g/mol. The summed E-state index contributed by atoms with van der Waals surface area (Å²) in [5.41, 5.74) is 2.10.